The van der Waals surface area contributed by atoms with Crippen molar-refractivity contribution < 1.29 is 12.0 Å². The van der Waals surface area contributed by atoms with E-state index in [1.54, 1.807) is 0 Å². The van der Waals surface area contributed by atoms with Gasteiger partial charge in [0.15, 0.2) is 0 Å². The maximum Gasteiger partial charge on any atom is 2.00 e. The predicted octanol–water partition coefficient (Wildman–Crippen LogP) is -0.551. The van der Waals surface area contributed by atoms with E-state index in [9.17, 15) is 0 Å². The Hall–Kier alpha value is 0.0431. The second kappa shape index (κ2) is 8.90. The molecule has 0 atom stereocenters. The molecule has 0 aromatic rings. The normalized spacial score (nSPS) is 4.00. The summed E-state index contributed by atoms with van der Waals surface area (Å²) in [6.45, 7) is 0. The van der Waals surface area contributed by atoms with Crippen LogP contribution in [-0.4, -0.2) is 36.8 Å². The molecular weight excluding hydrogens is 287 g/mol. The molecule has 37 valence electrons. The second-order valence-electron chi connectivity index (χ2n) is 0.224. The van der Waals surface area contributed by atoms with E-state index < -0.39 is 5.09 Å². The summed E-state index contributed by atoms with van der Waals surface area (Å²) < 4.78 is 0. The van der Waals surface area contributed by atoms with Gasteiger partial charge < -0.3 is 20.8 Å². The van der Waals surface area contributed by atoms with Crippen LogP contribution in [0.3, 0.4) is 0 Å². The summed E-state index contributed by atoms with van der Waals surface area (Å²) in [6.07, 6.45) is 0. The molecule has 0 amide bonds. The summed E-state index contributed by atoms with van der Waals surface area (Å²) in [5.74, 6) is 0. The molecule has 0 rings (SSSR count). The number of hydrogen-bond acceptors (Lipinski definition) is 4. The monoisotopic (exact) mass is 290 g/mol. The molecule has 0 spiro atoms. The summed E-state index contributed by atoms with van der Waals surface area (Å²) in [4.78, 5) is 8.25. The van der Waals surface area contributed by atoms with Gasteiger partial charge in [-0.25, -0.2) is 0 Å². The first-order valence-corrected chi connectivity index (χ1v) is 0.548. The minimum atomic E-state index is -1.75. The number of hydrogen-bond donors (Lipinski definition) is 0. The van der Waals surface area contributed by atoms with Crippen LogP contribution in [0, 0.1) is 15.3 Å². The second-order valence-corrected chi connectivity index (χ2v) is 0.224. The Bertz CT molecular complexity index is 34.7. The van der Waals surface area contributed by atoms with Gasteiger partial charge in [-0.2, -0.15) is 0 Å². The molecule has 3 radical (unpaired) electrons. The van der Waals surface area contributed by atoms with E-state index in [0.29, 0.717) is 0 Å². The van der Waals surface area contributed by atoms with Gasteiger partial charge in [-0.05, 0) is 0 Å². The molecule has 0 saturated heterocycles. The van der Waals surface area contributed by atoms with E-state index in [2.05, 4.69) is 0 Å². The van der Waals surface area contributed by atoms with Crippen LogP contribution in [0.4, 0.5) is 0 Å². The van der Waals surface area contributed by atoms with Crippen molar-refractivity contribution in [3.63, 3.8) is 0 Å². The standard InChI is InChI=1S/Bi.NO3.H2O.H2/c;2-1(3)4;;/h;;1H2;1H/q+2;-1;;/p-1. The third kappa shape index (κ3) is 20100. The molecular formula is H3BiNO4. The number of rotatable bonds is 0. The van der Waals surface area contributed by atoms with E-state index in [0.717, 1.165) is 0 Å². The summed E-state index contributed by atoms with van der Waals surface area (Å²) in [6, 6.07) is 0. The van der Waals surface area contributed by atoms with Crippen LogP contribution >= 0.6 is 0 Å². The topological polar surface area (TPSA) is 96.2 Å². The largest absolute Gasteiger partial charge is 2.00 e. The van der Waals surface area contributed by atoms with Gasteiger partial charge in [0.05, 0.1) is 5.09 Å². The third-order valence-electron chi connectivity index (χ3n) is 0. The summed E-state index contributed by atoms with van der Waals surface area (Å²) in [5.41, 5.74) is 0. The summed E-state index contributed by atoms with van der Waals surface area (Å²) in [7, 11) is 0. The van der Waals surface area contributed by atoms with Gasteiger partial charge in [0, 0.05) is 1.43 Å². The first kappa shape index (κ1) is 16.6. The molecule has 0 aliphatic rings. The van der Waals surface area contributed by atoms with Crippen LogP contribution < -0.4 is 0 Å². The smallest absolute Gasteiger partial charge is 0.870 e. The van der Waals surface area contributed by atoms with E-state index in [-0.39, 0.29) is 33.1 Å². The van der Waals surface area contributed by atoms with E-state index in [1.165, 1.54) is 0 Å². The molecule has 6 heteroatoms. The quantitative estimate of drug-likeness (QED) is 0.339. The molecule has 6 heavy (non-hydrogen) atoms. The van der Waals surface area contributed by atoms with Crippen molar-refractivity contribution in [1.82, 2.24) is 0 Å². The van der Waals surface area contributed by atoms with Crippen LogP contribution in [0.25, 0.3) is 0 Å². The Morgan fingerprint density at radius 2 is 1.50 bits per heavy atom. The van der Waals surface area contributed by atoms with Crippen molar-refractivity contribution in [2.75, 3.05) is 0 Å². The summed E-state index contributed by atoms with van der Waals surface area (Å²) in [5, 5.41) is 14.8. The van der Waals surface area contributed by atoms with E-state index in [1.807, 2.05) is 0 Å². The molecule has 5 nitrogen and oxygen atoms in total. The van der Waals surface area contributed by atoms with Gasteiger partial charge in [0.2, 0.25) is 0 Å². The molecule has 0 aromatic heterocycles. The van der Waals surface area contributed by atoms with Crippen molar-refractivity contribution in [3.05, 3.63) is 15.3 Å². The fourth-order valence-corrected chi connectivity index (χ4v) is 0. The average molecular weight is 290 g/mol. The van der Waals surface area contributed by atoms with Crippen LogP contribution in [0.1, 0.15) is 1.43 Å². The van der Waals surface area contributed by atoms with Gasteiger partial charge in [-0.3, -0.25) is 0 Å². The Morgan fingerprint density at radius 3 is 1.50 bits per heavy atom. The summed E-state index contributed by atoms with van der Waals surface area (Å²) >= 11 is 0. The van der Waals surface area contributed by atoms with Gasteiger partial charge in [-0.15, -0.1) is 0 Å². The molecule has 0 bridgehead atoms. The minimum Gasteiger partial charge on any atom is -0.870 e. The average Bonchev–Trinajstić information content (AvgIpc) is 0.811. The SMILES string of the molecule is O=[N+]([O-])[O-].[Bi+2].[HH].[OH-]. The fraction of sp³-hybridized carbons (Fsp3) is 0. The van der Waals surface area contributed by atoms with Gasteiger partial charge in [0.25, 0.3) is 0 Å². The Kier molecular flexibility index (Phi) is 24.6. The van der Waals surface area contributed by atoms with E-state index in [4.69, 9.17) is 15.3 Å². The van der Waals surface area contributed by atoms with Crippen LogP contribution in [0.2, 0.25) is 0 Å². The van der Waals surface area contributed by atoms with Crippen molar-refractivity contribution >= 4 is 26.2 Å². The minimum absolute atomic E-state index is 0. The molecule has 0 aliphatic heterocycles. The number of nitrogens with zero attached hydrogens (tertiary/aromatic N) is 1. The molecule has 0 unspecified atom stereocenters. The molecule has 0 saturated carbocycles. The maximum absolute atomic E-state index is 8.25. The van der Waals surface area contributed by atoms with Crippen molar-refractivity contribution in [2.24, 2.45) is 0 Å². The molecule has 0 heterocycles. The molecule has 1 N–H and O–H groups in total. The van der Waals surface area contributed by atoms with Crippen LogP contribution in [0.5, 0.6) is 0 Å². The Labute approximate surface area is 54.0 Å². The van der Waals surface area contributed by atoms with E-state index >= 15 is 0 Å². The predicted molar refractivity (Wildman–Crippen MR) is 20.2 cm³/mol. The zero-order valence-corrected chi connectivity index (χ0v) is 6.04. The van der Waals surface area contributed by atoms with Gasteiger partial charge >= 0.3 is 26.2 Å². The maximum atomic E-state index is 8.25. The first-order valence-electron chi connectivity index (χ1n) is 0.548. The molecule has 0 aliphatic carbocycles. The van der Waals surface area contributed by atoms with Gasteiger partial charge in [0.1, 0.15) is 0 Å². The fourth-order valence-electron chi connectivity index (χ4n) is 0. The zero-order chi connectivity index (χ0) is 3.58. The van der Waals surface area contributed by atoms with Crippen molar-refractivity contribution in [2.45, 2.75) is 0 Å². The van der Waals surface area contributed by atoms with Crippen LogP contribution in [0.15, 0.2) is 0 Å². The van der Waals surface area contributed by atoms with Crippen molar-refractivity contribution in [1.29, 1.82) is 0 Å². The third-order valence-corrected chi connectivity index (χ3v) is 0. The van der Waals surface area contributed by atoms with Crippen molar-refractivity contribution in [3.8, 4) is 0 Å². The van der Waals surface area contributed by atoms with Crippen LogP contribution in [-0.2, 0) is 0 Å². The van der Waals surface area contributed by atoms with Gasteiger partial charge in [-0.1, -0.05) is 0 Å². The Morgan fingerprint density at radius 1 is 1.50 bits per heavy atom. The zero-order valence-electron chi connectivity index (χ0n) is 2.57. The Balaban J connectivity index is -0.0000000150. The first-order chi connectivity index (χ1) is 1.73. The molecule has 0 aromatic carbocycles. The molecule has 0 fully saturated rings.